The number of hydrogen-bond acceptors (Lipinski definition) is 3. The highest BCUT2D eigenvalue weighted by Crippen LogP contribution is 2.35. The van der Waals surface area contributed by atoms with E-state index in [2.05, 4.69) is 54.1 Å². The molecular formula is C25H32N2O2. The molecule has 2 heterocycles. The SMILES string of the molecule is COc1cccc(CC2(CO)CCCN(Cc3[nH]c4ccc(C)cc4c3C)C2)c1. The second-order valence-corrected chi connectivity index (χ2v) is 8.78. The molecular weight excluding hydrogens is 360 g/mol. The maximum absolute atomic E-state index is 10.3. The molecule has 154 valence electrons. The molecule has 4 nitrogen and oxygen atoms in total. The lowest BCUT2D eigenvalue weighted by Crippen LogP contribution is -2.46. The van der Waals surface area contributed by atoms with Crippen LogP contribution in [-0.4, -0.2) is 41.8 Å². The van der Waals surface area contributed by atoms with Crippen molar-refractivity contribution in [2.24, 2.45) is 5.41 Å². The molecule has 0 spiro atoms. The van der Waals surface area contributed by atoms with Gasteiger partial charge in [0, 0.05) is 35.1 Å². The smallest absolute Gasteiger partial charge is 0.119 e. The molecule has 0 amide bonds. The van der Waals surface area contributed by atoms with Crippen molar-refractivity contribution >= 4 is 10.9 Å². The number of H-pyrrole nitrogens is 1. The molecule has 1 fully saturated rings. The molecule has 1 aliphatic rings. The highest BCUT2D eigenvalue weighted by molar-refractivity contribution is 5.85. The zero-order chi connectivity index (χ0) is 20.4. The van der Waals surface area contributed by atoms with Crippen molar-refractivity contribution in [1.29, 1.82) is 0 Å². The second-order valence-electron chi connectivity index (χ2n) is 8.78. The summed E-state index contributed by atoms with van der Waals surface area (Å²) in [7, 11) is 1.70. The van der Waals surface area contributed by atoms with E-state index in [0.717, 1.165) is 44.6 Å². The average Bonchev–Trinajstić information content (AvgIpc) is 3.03. The number of benzene rings is 2. The minimum atomic E-state index is -0.0961. The molecule has 0 aliphatic carbocycles. The zero-order valence-electron chi connectivity index (χ0n) is 17.8. The van der Waals surface area contributed by atoms with E-state index in [1.165, 1.54) is 33.3 Å². The molecule has 1 aromatic heterocycles. The molecule has 29 heavy (non-hydrogen) atoms. The molecule has 1 saturated heterocycles. The van der Waals surface area contributed by atoms with Crippen molar-refractivity contribution in [1.82, 2.24) is 9.88 Å². The number of likely N-dealkylation sites (tertiary alicyclic amines) is 1. The molecule has 0 saturated carbocycles. The van der Waals surface area contributed by atoms with Gasteiger partial charge in [0.15, 0.2) is 0 Å². The van der Waals surface area contributed by atoms with Gasteiger partial charge in [0.2, 0.25) is 0 Å². The van der Waals surface area contributed by atoms with Crippen LogP contribution < -0.4 is 4.74 Å². The number of aryl methyl sites for hydroxylation is 2. The van der Waals surface area contributed by atoms with Crippen molar-refractivity contribution in [3.05, 3.63) is 64.8 Å². The number of ether oxygens (including phenoxy) is 1. The number of piperidine rings is 1. The lowest BCUT2D eigenvalue weighted by molar-refractivity contribution is 0.0283. The number of fused-ring (bicyclic) bond motifs is 1. The second kappa shape index (κ2) is 8.21. The van der Waals surface area contributed by atoms with Crippen LogP contribution in [0.1, 0.15) is 35.2 Å². The molecule has 3 aromatic rings. The van der Waals surface area contributed by atoms with Crippen molar-refractivity contribution in [3.8, 4) is 5.75 Å². The summed E-state index contributed by atoms with van der Waals surface area (Å²) in [4.78, 5) is 6.13. The predicted molar refractivity (Wildman–Crippen MR) is 119 cm³/mol. The Morgan fingerprint density at radius 1 is 1.17 bits per heavy atom. The van der Waals surface area contributed by atoms with Crippen LogP contribution >= 0.6 is 0 Å². The van der Waals surface area contributed by atoms with Crippen LogP contribution in [0.25, 0.3) is 10.9 Å². The fraction of sp³-hybridized carbons (Fsp3) is 0.440. The molecule has 4 rings (SSSR count). The Kier molecular flexibility index (Phi) is 5.66. The summed E-state index contributed by atoms with van der Waals surface area (Å²) in [6.07, 6.45) is 3.05. The summed E-state index contributed by atoms with van der Waals surface area (Å²) >= 11 is 0. The Morgan fingerprint density at radius 2 is 2.03 bits per heavy atom. The van der Waals surface area contributed by atoms with E-state index in [0.29, 0.717) is 0 Å². The van der Waals surface area contributed by atoms with Gasteiger partial charge in [-0.2, -0.15) is 0 Å². The third-order valence-corrected chi connectivity index (χ3v) is 6.49. The van der Waals surface area contributed by atoms with Gasteiger partial charge in [0.05, 0.1) is 13.7 Å². The maximum atomic E-state index is 10.3. The summed E-state index contributed by atoms with van der Waals surface area (Å²) in [5.41, 5.74) is 6.28. The fourth-order valence-corrected chi connectivity index (χ4v) is 4.87. The van der Waals surface area contributed by atoms with Gasteiger partial charge in [0.1, 0.15) is 5.75 Å². The summed E-state index contributed by atoms with van der Waals surface area (Å²) in [5.74, 6) is 0.882. The largest absolute Gasteiger partial charge is 0.497 e. The Hall–Kier alpha value is -2.30. The highest BCUT2D eigenvalue weighted by atomic mass is 16.5. The van der Waals surface area contributed by atoms with Crippen LogP contribution in [0.2, 0.25) is 0 Å². The van der Waals surface area contributed by atoms with Gasteiger partial charge in [0.25, 0.3) is 0 Å². The van der Waals surface area contributed by atoms with E-state index >= 15 is 0 Å². The van der Waals surface area contributed by atoms with Crippen molar-refractivity contribution in [2.75, 3.05) is 26.8 Å². The molecule has 2 N–H and O–H groups in total. The first-order chi connectivity index (χ1) is 14.0. The molecule has 0 bridgehead atoms. The van der Waals surface area contributed by atoms with Gasteiger partial charge in [-0.3, -0.25) is 4.90 Å². The number of rotatable bonds is 6. The maximum Gasteiger partial charge on any atom is 0.119 e. The van der Waals surface area contributed by atoms with Crippen LogP contribution in [0.3, 0.4) is 0 Å². The Morgan fingerprint density at radius 3 is 2.83 bits per heavy atom. The third kappa shape index (κ3) is 4.19. The van der Waals surface area contributed by atoms with Gasteiger partial charge in [-0.05, 0) is 75.0 Å². The fourth-order valence-electron chi connectivity index (χ4n) is 4.87. The van der Waals surface area contributed by atoms with E-state index in [4.69, 9.17) is 4.74 Å². The Labute approximate surface area is 173 Å². The third-order valence-electron chi connectivity index (χ3n) is 6.49. The first kappa shape index (κ1) is 20.0. The summed E-state index contributed by atoms with van der Waals surface area (Å²) < 4.78 is 5.38. The quantitative estimate of drug-likeness (QED) is 0.644. The van der Waals surface area contributed by atoms with Gasteiger partial charge in [-0.1, -0.05) is 23.8 Å². The van der Waals surface area contributed by atoms with Crippen LogP contribution in [0, 0.1) is 19.3 Å². The Balaban J connectivity index is 1.53. The van der Waals surface area contributed by atoms with Crippen LogP contribution in [0.5, 0.6) is 5.75 Å². The minimum absolute atomic E-state index is 0.0961. The lowest BCUT2D eigenvalue weighted by atomic mass is 9.75. The first-order valence-electron chi connectivity index (χ1n) is 10.6. The number of methoxy groups -OCH3 is 1. The summed E-state index contributed by atoms with van der Waals surface area (Å²) in [6, 6.07) is 14.9. The zero-order valence-corrected chi connectivity index (χ0v) is 17.8. The van der Waals surface area contributed by atoms with Gasteiger partial charge < -0.3 is 14.8 Å². The first-order valence-corrected chi connectivity index (χ1v) is 10.6. The molecule has 1 aliphatic heterocycles. The number of aliphatic hydroxyl groups excluding tert-OH is 1. The van der Waals surface area contributed by atoms with Gasteiger partial charge in [-0.15, -0.1) is 0 Å². The minimum Gasteiger partial charge on any atom is -0.497 e. The topological polar surface area (TPSA) is 48.5 Å². The Bertz CT molecular complexity index is 994. The van der Waals surface area contributed by atoms with Crippen LogP contribution in [0.4, 0.5) is 0 Å². The predicted octanol–water partition coefficient (Wildman–Crippen LogP) is 4.61. The molecule has 1 atom stereocenters. The average molecular weight is 393 g/mol. The molecule has 2 aromatic carbocycles. The summed E-state index contributed by atoms with van der Waals surface area (Å²) in [6.45, 7) is 7.46. The van der Waals surface area contributed by atoms with E-state index in [1.54, 1.807) is 7.11 Å². The number of hydrogen-bond donors (Lipinski definition) is 2. The number of aliphatic hydroxyl groups is 1. The molecule has 0 radical (unpaired) electrons. The van der Waals surface area contributed by atoms with E-state index in [9.17, 15) is 5.11 Å². The normalized spacial score (nSPS) is 20.3. The highest BCUT2D eigenvalue weighted by Gasteiger charge is 2.35. The monoisotopic (exact) mass is 392 g/mol. The van der Waals surface area contributed by atoms with Crippen LogP contribution in [-0.2, 0) is 13.0 Å². The summed E-state index contributed by atoms with van der Waals surface area (Å²) in [5, 5.41) is 11.7. The molecule has 4 heteroatoms. The van der Waals surface area contributed by atoms with Crippen molar-refractivity contribution in [3.63, 3.8) is 0 Å². The van der Waals surface area contributed by atoms with E-state index in [-0.39, 0.29) is 12.0 Å². The van der Waals surface area contributed by atoms with Crippen LogP contribution in [0.15, 0.2) is 42.5 Å². The molecule has 1 unspecified atom stereocenters. The number of nitrogens with one attached hydrogen (secondary N) is 1. The van der Waals surface area contributed by atoms with Crippen molar-refractivity contribution in [2.45, 2.75) is 39.7 Å². The lowest BCUT2D eigenvalue weighted by Gasteiger charge is -2.42. The number of nitrogens with zero attached hydrogens (tertiary/aromatic N) is 1. The number of aromatic amines is 1. The van der Waals surface area contributed by atoms with E-state index < -0.39 is 0 Å². The standard InChI is InChI=1S/C25H32N2O2/c1-18-8-9-23-22(12-18)19(2)24(26-23)15-27-11-5-10-25(16-27,17-28)14-20-6-4-7-21(13-20)29-3/h4,6-9,12-13,26,28H,5,10-11,14-17H2,1-3H3. The van der Waals surface area contributed by atoms with Gasteiger partial charge in [-0.25, -0.2) is 0 Å². The van der Waals surface area contributed by atoms with E-state index in [1.807, 2.05) is 12.1 Å². The van der Waals surface area contributed by atoms with Crippen molar-refractivity contribution < 1.29 is 9.84 Å². The van der Waals surface area contributed by atoms with Gasteiger partial charge >= 0.3 is 0 Å². The number of aromatic nitrogens is 1.